The maximum atomic E-state index is 10.8. The van der Waals surface area contributed by atoms with Crippen molar-refractivity contribution in [3.05, 3.63) is 0 Å². The molecule has 1 aliphatic heterocycles. The second-order valence-electron chi connectivity index (χ2n) is 4.19. The first kappa shape index (κ1) is 12.5. The number of unbranched alkanes of at least 4 members (excludes halogenated alkanes) is 5. The predicted octanol–water partition coefficient (Wildman–Crippen LogP) is 2.68. The van der Waals surface area contributed by atoms with Gasteiger partial charge in [-0.05, 0) is 12.8 Å². The van der Waals surface area contributed by atoms with Crippen LogP contribution >= 0.6 is 0 Å². The number of carbonyl (C=O) groups excluding carboxylic acids is 1. The number of methoxy groups -OCH3 is 1. The lowest BCUT2D eigenvalue weighted by atomic mass is 10.1. The summed E-state index contributed by atoms with van der Waals surface area (Å²) in [5, 5.41) is 0. The van der Waals surface area contributed by atoms with E-state index in [9.17, 15) is 4.79 Å². The third-order valence-corrected chi connectivity index (χ3v) is 2.79. The lowest BCUT2D eigenvalue weighted by molar-refractivity contribution is -0.140. The molecule has 3 heteroatoms. The van der Waals surface area contributed by atoms with Gasteiger partial charge in [0.15, 0.2) is 0 Å². The maximum absolute atomic E-state index is 10.8. The summed E-state index contributed by atoms with van der Waals surface area (Å²) in [5.41, 5.74) is 0. The van der Waals surface area contributed by atoms with Gasteiger partial charge in [0.25, 0.3) is 0 Å². The van der Waals surface area contributed by atoms with Crippen molar-refractivity contribution in [1.29, 1.82) is 0 Å². The number of ether oxygens (including phenoxy) is 2. The predicted molar refractivity (Wildman–Crippen MR) is 58.7 cm³/mol. The zero-order valence-electron chi connectivity index (χ0n) is 9.67. The quantitative estimate of drug-likeness (QED) is 0.336. The fourth-order valence-corrected chi connectivity index (χ4v) is 1.69. The highest BCUT2D eigenvalue weighted by atomic mass is 16.6. The van der Waals surface area contributed by atoms with Gasteiger partial charge in [-0.15, -0.1) is 0 Å². The second-order valence-corrected chi connectivity index (χ2v) is 4.19. The van der Waals surface area contributed by atoms with Gasteiger partial charge < -0.3 is 9.47 Å². The van der Waals surface area contributed by atoms with E-state index in [4.69, 9.17) is 4.74 Å². The van der Waals surface area contributed by atoms with Crippen LogP contribution in [0.1, 0.15) is 51.4 Å². The Bertz CT molecular complexity index is 176. The van der Waals surface area contributed by atoms with Crippen molar-refractivity contribution < 1.29 is 14.3 Å². The highest BCUT2D eigenvalue weighted by Crippen LogP contribution is 2.18. The molecule has 0 spiro atoms. The van der Waals surface area contributed by atoms with Crippen molar-refractivity contribution in [3.8, 4) is 0 Å². The summed E-state index contributed by atoms with van der Waals surface area (Å²) in [4.78, 5) is 10.8. The summed E-state index contributed by atoms with van der Waals surface area (Å²) >= 11 is 0. The average molecular weight is 214 g/mol. The molecule has 1 rings (SSSR count). The van der Waals surface area contributed by atoms with Gasteiger partial charge in [-0.3, -0.25) is 4.79 Å². The molecule has 0 saturated carbocycles. The lowest BCUT2D eigenvalue weighted by Gasteiger charge is -2.00. The molecule has 1 aliphatic rings. The highest BCUT2D eigenvalue weighted by molar-refractivity contribution is 5.68. The summed E-state index contributed by atoms with van der Waals surface area (Å²) in [6.45, 7) is 0.985. The van der Waals surface area contributed by atoms with Crippen LogP contribution in [0.25, 0.3) is 0 Å². The third-order valence-electron chi connectivity index (χ3n) is 2.79. The molecule has 1 fully saturated rings. The Hall–Kier alpha value is -0.570. The molecule has 0 N–H and O–H groups in total. The summed E-state index contributed by atoms with van der Waals surface area (Å²) in [5.74, 6) is -0.0825. The fraction of sp³-hybridized carbons (Fsp3) is 0.917. The van der Waals surface area contributed by atoms with Crippen molar-refractivity contribution in [2.45, 2.75) is 57.5 Å². The van der Waals surface area contributed by atoms with Crippen LogP contribution in [0, 0.1) is 0 Å². The molecule has 88 valence electrons. The summed E-state index contributed by atoms with van der Waals surface area (Å²) < 4.78 is 9.72. The summed E-state index contributed by atoms with van der Waals surface area (Å²) in [6.07, 6.45) is 9.64. The Morgan fingerprint density at radius 3 is 2.40 bits per heavy atom. The smallest absolute Gasteiger partial charge is 0.305 e. The Morgan fingerprint density at radius 1 is 1.20 bits per heavy atom. The van der Waals surface area contributed by atoms with E-state index in [-0.39, 0.29) is 5.97 Å². The van der Waals surface area contributed by atoms with Gasteiger partial charge >= 0.3 is 5.97 Å². The molecule has 0 aromatic heterocycles. The van der Waals surface area contributed by atoms with Gasteiger partial charge in [0.05, 0.1) is 19.8 Å². The van der Waals surface area contributed by atoms with E-state index in [2.05, 4.69) is 4.74 Å². The minimum atomic E-state index is -0.0825. The van der Waals surface area contributed by atoms with Crippen LogP contribution in [-0.2, 0) is 14.3 Å². The van der Waals surface area contributed by atoms with Crippen molar-refractivity contribution >= 4 is 5.97 Å². The molecule has 3 nitrogen and oxygen atoms in total. The van der Waals surface area contributed by atoms with Crippen molar-refractivity contribution in [3.63, 3.8) is 0 Å². The van der Waals surface area contributed by atoms with Gasteiger partial charge in [0.1, 0.15) is 0 Å². The first-order valence-corrected chi connectivity index (χ1v) is 6.01. The van der Waals surface area contributed by atoms with Gasteiger partial charge in [0.2, 0.25) is 0 Å². The molecule has 0 bridgehead atoms. The van der Waals surface area contributed by atoms with E-state index in [0.29, 0.717) is 12.5 Å². The van der Waals surface area contributed by atoms with E-state index in [0.717, 1.165) is 19.4 Å². The molecule has 0 aromatic carbocycles. The second kappa shape index (κ2) is 7.69. The monoisotopic (exact) mass is 214 g/mol. The van der Waals surface area contributed by atoms with E-state index in [1.807, 2.05) is 0 Å². The topological polar surface area (TPSA) is 38.8 Å². The summed E-state index contributed by atoms with van der Waals surface area (Å²) in [7, 11) is 1.45. The maximum Gasteiger partial charge on any atom is 0.305 e. The fourth-order valence-electron chi connectivity index (χ4n) is 1.69. The van der Waals surface area contributed by atoms with Crippen molar-refractivity contribution in [2.75, 3.05) is 13.7 Å². The number of epoxide rings is 1. The average Bonchev–Trinajstić information content (AvgIpc) is 3.05. The van der Waals surface area contributed by atoms with E-state index in [1.165, 1.54) is 39.2 Å². The Balaban J connectivity index is 1.70. The first-order chi connectivity index (χ1) is 7.33. The van der Waals surface area contributed by atoms with E-state index < -0.39 is 0 Å². The van der Waals surface area contributed by atoms with Crippen LogP contribution < -0.4 is 0 Å². The summed E-state index contributed by atoms with van der Waals surface area (Å²) in [6, 6.07) is 0. The lowest BCUT2D eigenvalue weighted by Crippen LogP contribution is -1.99. The SMILES string of the molecule is COC(=O)CCCCCCCCC1CO1. The van der Waals surface area contributed by atoms with Gasteiger partial charge in [-0.25, -0.2) is 0 Å². The molecule has 1 unspecified atom stereocenters. The Kier molecular flexibility index (Phi) is 6.41. The molecule has 0 aromatic rings. The van der Waals surface area contributed by atoms with Crippen LogP contribution in [0.5, 0.6) is 0 Å². The number of rotatable bonds is 9. The molecule has 0 aliphatic carbocycles. The van der Waals surface area contributed by atoms with Crippen LogP contribution in [0.3, 0.4) is 0 Å². The number of hydrogen-bond donors (Lipinski definition) is 0. The van der Waals surface area contributed by atoms with Crippen LogP contribution in [-0.4, -0.2) is 25.8 Å². The minimum Gasteiger partial charge on any atom is -0.469 e. The highest BCUT2D eigenvalue weighted by Gasteiger charge is 2.20. The van der Waals surface area contributed by atoms with Crippen molar-refractivity contribution in [1.82, 2.24) is 0 Å². The van der Waals surface area contributed by atoms with Crippen molar-refractivity contribution in [2.24, 2.45) is 0 Å². The standard InChI is InChI=1S/C12H22O3/c1-14-12(13)9-7-5-3-2-4-6-8-11-10-15-11/h11H,2-10H2,1H3. The normalized spacial score (nSPS) is 18.9. The molecule has 1 atom stereocenters. The zero-order chi connectivity index (χ0) is 10.9. The molecule has 1 saturated heterocycles. The molecule has 1 heterocycles. The molecular formula is C12H22O3. The van der Waals surface area contributed by atoms with Gasteiger partial charge in [0, 0.05) is 6.42 Å². The molecular weight excluding hydrogens is 192 g/mol. The van der Waals surface area contributed by atoms with Crippen LogP contribution in [0.2, 0.25) is 0 Å². The largest absolute Gasteiger partial charge is 0.469 e. The Morgan fingerprint density at radius 2 is 1.80 bits per heavy atom. The van der Waals surface area contributed by atoms with Gasteiger partial charge in [-0.1, -0.05) is 32.1 Å². The molecule has 15 heavy (non-hydrogen) atoms. The zero-order valence-corrected chi connectivity index (χ0v) is 9.67. The van der Waals surface area contributed by atoms with Gasteiger partial charge in [-0.2, -0.15) is 0 Å². The van der Waals surface area contributed by atoms with Crippen LogP contribution in [0.4, 0.5) is 0 Å². The Labute approximate surface area is 92.1 Å². The number of hydrogen-bond acceptors (Lipinski definition) is 3. The van der Waals surface area contributed by atoms with Crippen LogP contribution in [0.15, 0.2) is 0 Å². The van der Waals surface area contributed by atoms with E-state index >= 15 is 0 Å². The molecule has 0 radical (unpaired) electrons. The number of esters is 1. The van der Waals surface area contributed by atoms with E-state index in [1.54, 1.807) is 0 Å². The first-order valence-electron chi connectivity index (χ1n) is 6.01. The molecule has 0 amide bonds. The minimum absolute atomic E-state index is 0.0825. The number of carbonyl (C=O) groups is 1. The third kappa shape index (κ3) is 7.37.